The zero-order valence-electron chi connectivity index (χ0n) is 14.4. The van der Waals surface area contributed by atoms with E-state index in [-0.39, 0.29) is 24.0 Å². The number of aromatic nitrogens is 1. The number of likely N-dealkylation sites (tertiary alicyclic amines) is 1. The van der Waals surface area contributed by atoms with Crippen LogP contribution in [0.2, 0.25) is 0 Å². The molecule has 5 nitrogen and oxygen atoms in total. The second-order valence-corrected chi connectivity index (χ2v) is 6.81. The summed E-state index contributed by atoms with van der Waals surface area (Å²) in [5, 5.41) is 3.52. The van der Waals surface area contributed by atoms with Crippen molar-refractivity contribution in [3.8, 4) is 0 Å². The van der Waals surface area contributed by atoms with E-state index in [1.807, 2.05) is 33.4 Å². The van der Waals surface area contributed by atoms with E-state index < -0.39 is 0 Å². The summed E-state index contributed by atoms with van der Waals surface area (Å²) in [6.45, 7) is 3.06. The summed E-state index contributed by atoms with van der Waals surface area (Å²) >= 11 is 0. The van der Waals surface area contributed by atoms with Crippen LogP contribution in [0.3, 0.4) is 0 Å². The van der Waals surface area contributed by atoms with Gasteiger partial charge >= 0.3 is 0 Å². The highest BCUT2D eigenvalue weighted by Gasteiger charge is 2.43. The Kier molecular flexibility index (Phi) is 6.11. The number of rotatable bonds is 3. The molecule has 6 heteroatoms. The number of anilines is 1. The van der Waals surface area contributed by atoms with Crippen LogP contribution in [0.5, 0.6) is 0 Å². The summed E-state index contributed by atoms with van der Waals surface area (Å²) in [4.78, 5) is 13.4. The van der Waals surface area contributed by atoms with Crippen molar-refractivity contribution >= 4 is 35.8 Å². The molecule has 1 aliphatic carbocycles. The molecule has 1 saturated heterocycles. The van der Waals surface area contributed by atoms with Crippen molar-refractivity contribution in [3.63, 3.8) is 0 Å². The van der Waals surface area contributed by atoms with Crippen LogP contribution in [-0.4, -0.2) is 50.1 Å². The fraction of sp³-hybridized carbons (Fsp3) is 0.647. The van der Waals surface area contributed by atoms with Gasteiger partial charge in [0.05, 0.1) is 0 Å². The Morgan fingerprint density at radius 2 is 2.17 bits per heavy atom. The van der Waals surface area contributed by atoms with Crippen LogP contribution < -0.4 is 10.2 Å². The highest BCUT2D eigenvalue weighted by atomic mass is 127. The third-order valence-electron chi connectivity index (χ3n) is 5.09. The number of nitrogens with zero attached hydrogens (tertiary/aromatic N) is 4. The zero-order chi connectivity index (χ0) is 15.6. The standard InChI is InChI=1S/C17H27N5.HI/c1-18-16(22-11-9-17(13-22)7-5-8-17)20-12-14-6-4-10-19-15(14)21(2)3;/h4,6,10H,5,7-9,11-13H2,1-3H3,(H,18,20);1H. The third kappa shape index (κ3) is 3.89. The molecule has 1 aromatic heterocycles. The first-order chi connectivity index (χ1) is 10.6. The van der Waals surface area contributed by atoms with Gasteiger partial charge in [-0.15, -0.1) is 24.0 Å². The van der Waals surface area contributed by atoms with Gasteiger partial charge in [-0.05, 0) is 30.7 Å². The first-order valence-electron chi connectivity index (χ1n) is 8.20. The van der Waals surface area contributed by atoms with Crippen molar-refractivity contribution in [3.05, 3.63) is 23.9 Å². The molecular weight excluding hydrogens is 401 g/mol. The largest absolute Gasteiger partial charge is 0.362 e. The zero-order valence-corrected chi connectivity index (χ0v) is 16.7. The molecule has 0 amide bonds. The topological polar surface area (TPSA) is 43.8 Å². The molecule has 1 aromatic rings. The summed E-state index contributed by atoms with van der Waals surface area (Å²) in [6.07, 6.45) is 7.36. The second-order valence-electron chi connectivity index (χ2n) is 6.81. The molecule has 2 fully saturated rings. The first kappa shape index (κ1) is 18.3. The van der Waals surface area contributed by atoms with Crippen molar-refractivity contribution in [2.45, 2.75) is 32.2 Å². The maximum Gasteiger partial charge on any atom is 0.193 e. The maximum atomic E-state index is 4.48. The fourth-order valence-corrected chi connectivity index (χ4v) is 3.68. The van der Waals surface area contributed by atoms with Crippen LogP contribution in [0.15, 0.2) is 23.3 Å². The van der Waals surface area contributed by atoms with E-state index in [1.165, 1.54) is 37.8 Å². The van der Waals surface area contributed by atoms with E-state index in [4.69, 9.17) is 0 Å². The minimum atomic E-state index is 0. The lowest BCUT2D eigenvalue weighted by atomic mass is 9.68. The van der Waals surface area contributed by atoms with Gasteiger partial charge in [-0.25, -0.2) is 4.98 Å². The van der Waals surface area contributed by atoms with Gasteiger partial charge in [0, 0.05) is 52.5 Å². The Labute approximate surface area is 156 Å². The number of pyridine rings is 1. The van der Waals surface area contributed by atoms with Crippen molar-refractivity contribution in [1.82, 2.24) is 15.2 Å². The maximum absolute atomic E-state index is 4.48. The Bertz CT molecular complexity index is 554. The summed E-state index contributed by atoms with van der Waals surface area (Å²) in [5.74, 6) is 2.04. The molecule has 0 bridgehead atoms. The van der Waals surface area contributed by atoms with Gasteiger partial charge in [0.25, 0.3) is 0 Å². The average Bonchev–Trinajstić information content (AvgIpc) is 2.94. The van der Waals surface area contributed by atoms with E-state index >= 15 is 0 Å². The van der Waals surface area contributed by atoms with Crippen LogP contribution in [0.25, 0.3) is 0 Å². The highest BCUT2D eigenvalue weighted by molar-refractivity contribution is 14.0. The highest BCUT2D eigenvalue weighted by Crippen LogP contribution is 2.47. The minimum Gasteiger partial charge on any atom is -0.362 e. The molecule has 1 spiro atoms. The monoisotopic (exact) mass is 429 g/mol. The summed E-state index contributed by atoms with van der Waals surface area (Å²) < 4.78 is 0. The van der Waals surface area contributed by atoms with Gasteiger partial charge < -0.3 is 15.1 Å². The Morgan fingerprint density at radius 3 is 2.74 bits per heavy atom. The van der Waals surface area contributed by atoms with Gasteiger partial charge in [0.1, 0.15) is 5.82 Å². The Morgan fingerprint density at radius 1 is 1.39 bits per heavy atom. The molecule has 3 rings (SSSR count). The molecule has 0 unspecified atom stereocenters. The number of nitrogens with one attached hydrogen (secondary N) is 1. The number of halogens is 1. The molecule has 2 heterocycles. The molecule has 1 saturated carbocycles. The SMILES string of the molecule is CN=C(NCc1cccnc1N(C)C)N1CCC2(CCC2)C1.I. The van der Waals surface area contributed by atoms with Crippen LogP contribution in [0, 0.1) is 5.41 Å². The molecular formula is C17H28IN5. The normalized spacial score (nSPS) is 19.3. The van der Waals surface area contributed by atoms with Gasteiger partial charge in [0.15, 0.2) is 5.96 Å². The van der Waals surface area contributed by atoms with E-state index in [2.05, 4.69) is 31.2 Å². The van der Waals surface area contributed by atoms with E-state index in [0.717, 1.165) is 24.9 Å². The Hall–Kier alpha value is -1.05. The molecule has 0 atom stereocenters. The quantitative estimate of drug-likeness (QED) is 0.456. The van der Waals surface area contributed by atoms with Gasteiger partial charge in [-0.1, -0.05) is 12.5 Å². The lowest BCUT2D eigenvalue weighted by Gasteiger charge is -2.38. The number of aliphatic imine (C=N–C) groups is 1. The van der Waals surface area contributed by atoms with Crippen molar-refractivity contribution in [1.29, 1.82) is 0 Å². The number of hydrogen-bond acceptors (Lipinski definition) is 3. The minimum absolute atomic E-state index is 0. The second kappa shape index (κ2) is 7.68. The van der Waals surface area contributed by atoms with E-state index in [0.29, 0.717) is 5.41 Å². The molecule has 1 aliphatic heterocycles. The van der Waals surface area contributed by atoms with E-state index in [9.17, 15) is 0 Å². The molecule has 2 aliphatic rings. The van der Waals surface area contributed by atoms with Crippen LogP contribution >= 0.6 is 24.0 Å². The van der Waals surface area contributed by atoms with Crippen molar-refractivity contribution in [2.24, 2.45) is 10.4 Å². The molecule has 1 N–H and O–H groups in total. The van der Waals surface area contributed by atoms with Gasteiger partial charge in [0.2, 0.25) is 0 Å². The van der Waals surface area contributed by atoms with Gasteiger partial charge in [-0.3, -0.25) is 4.99 Å². The van der Waals surface area contributed by atoms with Crippen molar-refractivity contribution < 1.29 is 0 Å². The summed E-state index contributed by atoms with van der Waals surface area (Å²) in [5.41, 5.74) is 1.80. The lowest BCUT2D eigenvalue weighted by molar-refractivity contribution is 0.151. The molecule has 0 radical (unpaired) electrons. The summed E-state index contributed by atoms with van der Waals surface area (Å²) in [7, 11) is 5.94. The predicted molar refractivity (Wildman–Crippen MR) is 107 cm³/mol. The van der Waals surface area contributed by atoms with E-state index in [1.54, 1.807) is 0 Å². The fourth-order valence-electron chi connectivity index (χ4n) is 3.68. The molecule has 0 aromatic carbocycles. The third-order valence-corrected chi connectivity index (χ3v) is 5.09. The smallest absolute Gasteiger partial charge is 0.193 e. The summed E-state index contributed by atoms with van der Waals surface area (Å²) in [6, 6.07) is 4.12. The Balaban J connectivity index is 0.00000192. The predicted octanol–water partition coefficient (Wildman–Crippen LogP) is 2.72. The molecule has 128 valence electrons. The van der Waals surface area contributed by atoms with Crippen LogP contribution in [0.4, 0.5) is 5.82 Å². The number of hydrogen-bond donors (Lipinski definition) is 1. The number of guanidine groups is 1. The van der Waals surface area contributed by atoms with Crippen LogP contribution in [-0.2, 0) is 6.54 Å². The molecule has 23 heavy (non-hydrogen) atoms. The van der Waals surface area contributed by atoms with Crippen LogP contribution in [0.1, 0.15) is 31.2 Å². The van der Waals surface area contributed by atoms with Gasteiger partial charge in [-0.2, -0.15) is 0 Å². The van der Waals surface area contributed by atoms with Crippen molar-refractivity contribution in [2.75, 3.05) is 39.1 Å². The lowest BCUT2D eigenvalue weighted by Crippen LogP contribution is -2.42. The average molecular weight is 429 g/mol. The first-order valence-corrected chi connectivity index (χ1v) is 8.20.